The average Bonchev–Trinajstić information content (AvgIpc) is 3.08. The second-order valence-corrected chi connectivity index (χ2v) is 8.78. The van der Waals surface area contributed by atoms with Crippen molar-refractivity contribution in [2.24, 2.45) is 11.3 Å². The highest BCUT2D eigenvalue weighted by Gasteiger charge is 2.53. The summed E-state index contributed by atoms with van der Waals surface area (Å²) >= 11 is 1.88. The van der Waals surface area contributed by atoms with Crippen molar-refractivity contribution in [2.45, 2.75) is 33.2 Å². The summed E-state index contributed by atoms with van der Waals surface area (Å²) in [5.74, 6) is 0.357. The van der Waals surface area contributed by atoms with E-state index in [9.17, 15) is 4.79 Å². The zero-order valence-electron chi connectivity index (χ0n) is 15.5. The highest BCUT2D eigenvalue weighted by molar-refractivity contribution is 7.11. The fourth-order valence-electron chi connectivity index (χ4n) is 4.48. The number of esters is 1. The van der Waals surface area contributed by atoms with Crippen molar-refractivity contribution in [2.75, 3.05) is 39.3 Å². The number of thiophene rings is 1. The van der Waals surface area contributed by atoms with Crippen LogP contribution in [0.1, 0.15) is 29.5 Å². The molecule has 0 N–H and O–H groups in total. The molecule has 2 aliphatic heterocycles. The fourth-order valence-corrected chi connectivity index (χ4v) is 5.41. The quantitative estimate of drug-likeness (QED) is 0.574. The van der Waals surface area contributed by atoms with Gasteiger partial charge in [0.25, 0.3) is 0 Å². The molecule has 3 rings (SSSR count). The molecule has 1 aromatic rings. The van der Waals surface area contributed by atoms with Gasteiger partial charge < -0.3 is 4.74 Å². The van der Waals surface area contributed by atoms with E-state index in [2.05, 4.69) is 35.4 Å². The number of likely N-dealkylation sites (tertiary alicyclic amines) is 2. The molecular formula is C20H30N2O2S. The standard InChI is InChI=1S/C20H30N2O2S/c1-4-10-22-13-17-12-21(14-18-8-7-16(3)25-18)11-6-9-20(17,15-22)19(23)24-5-2/h4,7-8,17H,1,5-6,9-15H2,2-3H3/t17-,20-/m0/s1. The maximum Gasteiger partial charge on any atom is 0.313 e. The van der Waals surface area contributed by atoms with Crippen LogP contribution < -0.4 is 0 Å². The Labute approximate surface area is 155 Å². The molecule has 2 aliphatic rings. The number of carbonyl (C=O) groups is 1. The third-order valence-electron chi connectivity index (χ3n) is 5.59. The number of aryl methyl sites for hydroxylation is 1. The van der Waals surface area contributed by atoms with Crippen LogP contribution in [0.2, 0.25) is 0 Å². The molecule has 4 nitrogen and oxygen atoms in total. The zero-order valence-corrected chi connectivity index (χ0v) is 16.3. The lowest BCUT2D eigenvalue weighted by Crippen LogP contribution is -2.42. The van der Waals surface area contributed by atoms with Crippen molar-refractivity contribution in [1.82, 2.24) is 9.80 Å². The van der Waals surface area contributed by atoms with Gasteiger partial charge in [0.05, 0.1) is 12.0 Å². The summed E-state index contributed by atoms with van der Waals surface area (Å²) in [6.07, 6.45) is 3.93. The Balaban J connectivity index is 1.77. The summed E-state index contributed by atoms with van der Waals surface area (Å²) in [5, 5.41) is 0. The lowest BCUT2D eigenvalue weighted by atomic mass is 9.75. The summed E-state index contributed by atoms with van der Waals surface area (Å²) in [5.41, 5.74) is -0.334. The van der Waals surface area contributed by atoms with Crippen LogP contribution >= 0.6 is 11.3 Å². The van der Waals surface area contributed by atoms with Gasteiger partial charge in [-0.15, -0.1) is 17.9 Å². The second kappa shape index (κ2) is 8.02. The Morgan fingerprint density at radius 1 is 1.44 bits per heavy atom. The SMILES string of the molecule is C=CCN1C[C@@H]2CN(Cc3ccc(C)s3)CCC[C@]2(C(=O)OCC)C1. The van der Waals surface area contributed by atoms with Crippen molar-refractivity contribution < 1.29 is 9.53 Å². The number of carbonyl (C=O) groups excluding carboxylic acids is 1. The molecule has 0 spiro atoms. The van der Waals surface area contributed by atoms with Crippen molar-refractivity contribution in [1.29, 1.82) is 0 Å². The van der Waals surface area contributed by atoms with E-state index in [1.54, 1.807) is 0 Å². The van der Waals surface area contributed by atoms with E-state index < -0.39 is 0 Å². The van der Waals surface area contributed by atoms with E-state index >= 15 is 0 Å². The average molecular weight is 363 g/mol. The topological polar surface area (TPSA) is 32.8 Å². The molecule has 0 saturated carbocycles. The summed E-state index contributed by atoms with van der Waals surface area (Å²) in [6.45, 7) is 14.1. The fraction of sp³-hybridized carbons (Fsp3) is 0.650. The van der Waals surface area contributed by atoms with Crippen LogP contribution in [0.5, 0.6) is 0 Å². The van der Waals surface area contributed by atoms with Gasteiger partial charge in [0, 0.05) is 48.4 Å². The summed E-state index contributed by atoms with van der Waals surface area (Å²) in [7, 11) is 0. The van der Waals surface area contributed by atoms with E-state index in [0.717, 1.165) is 52.1 Å². The van der Waals surface area contributed by atoms with Crippen LogP contribution in [-0.2, 0) is 16.1 Å². The number of hydrogen-bond acceptors (Lipinski definition) is 5. The smallest absolute Gasteiger partial charge is 0.313 e. The Morgan fingerprint density at radius 2 is 2.24 bits per heavy atom. The third kappa shape index (κ3) is 3.99. The first kappa shape index (κ1) is 18.6. The van der Waals surface area contributed by atoms with Crippen molar-refractivity contribution in [3.05, 3.63) is 34.5 Å². The van der Waals surface area contributed by atoms with Crippen LogP contribution in [0.15, 0.2) is 24.8 Å². The lowest BCUT2D eigenvalue weighted by Gasteiger charge is -2.31. The molecule has 2 fully saturated rings. The molecule has 0 bridgehead atoms. The zero-order chi connectivity index (χ0) is 17.9. The monoisotopic (exact) mass is 362 g/mol. The molecule has 0 aliphatic carbocycles. The van der Waals surface area contributed by atoms with Crippen molar-refractivity contribution in [3.63, 3.8) is 0 Å². The number of ether oxygens (including phenoxy) is 1. The first-order valence-corrected chi connectivity index (χ1v) is 10.2. The lowest BCUT2D eigenvalue weighted by molar-refractivity contribution is -0.157. The van der Waals surface area contributed by atoms with Crippen LogP contribution in [-0.4, -0.2) is 55.1 Å². The van der Waals surface area contributed by atoms with Gasteiger partial charge in [0.1, 0.15) is 0 Å². The van der Waals surface area contributed by atoms with Gasteiger partial charge in [0.15, 0.2) is 0 Å². The van der Waals surface area contributed by atoms with Gasteiger partial charge >= 0.3 is 5.97 Å². The Hall–Kier alpha value is -1.17. The van der Waals surface area contributed by atoms with Gasteiger partial charge in [-0.25, -0.2) is 0 Å². The van der Waals surface area contributed by atoms with Gasteiger partial charge in [-0.05, 0) is 45.4 Å². The normalized spacial score (nSPS) is 27.7. The minimum absolute atomic E-state index is 0.0142. The molecule has 1 aromatic heterocycles. The predicted molar refractivity (Wildman–Crippen MR) is 103 cm³/mol. The summed E-state index contributed by atoms with van der Waals surface area (Å²) in [4.78, 5) is 20.6. The van der Waals surface area contributed by atoms with Gasteiger partial charge in [-0.3, -0.25) is 14.6 Å². The number of rotatable bonds is 6. The molecule has 25 heavy (non-hydrogen) atoms. The first-order valence-electron chi connectivity index (χ1n) is 9.35. The summed E-state index contributed by atoms with van der Waals surface area (Å²) < 4.78 is 5.52. The third-order valence-corrected chi connectivity index (χ3v) is 6.57. The van der Waals surface area contributed by atoms with E-state index in [1.807, 2.05) is 24.3 Å². The van der Waals surface area contributed by atoms with Crippen LogP contribution in [0.4, 0.5) is 0 Å². The van der Waals surface area contributed by atoms with Crippen LogP contribution in [0, 0.1) is 18.3 Å². The molecule has 3 heterocycles. The maximum atomic E-state index is 12.9. The Kier molecular flexibility index (Phi) is 5.97. The van der Waals surface area contributed by atoms with Gasteiger partial charge in [-0.2, -0.15) is 0 Å². The second-order valence-electron chi connectivity index (χ2n) is 7.41. The minimum atomic E-state index is -0.334. The summed E-state index contributed by atoms with van der Waals surface area (Å²) in [6, 6.07) is 4.43. The molecule has 5 heteroatoms. The van der Waals surface area contributed by atoms with Crippen LogP contribution in [0.25, 0.3) is 0 Å². The highest BCUT2D eigenvalue weighted by atomic mass is 32.1. The van der Waals surface area contributed by atoms with Crippen molar-refractivity contribution >= 4 is 17.3 Å². The van der Waals surface area contributed by atoms with E-state index in [0.29, 0.717) is 12.5 Å². The molecule has 2 atom stereocenters. The van der Waals surface area contributed by atoms with Crippen LogP contribution in [0.3, 0.4) is 0 Å². The predicted octanol–water partition coefficient (Wildman–Crippen LogP) is 3.32. The van der Waals surface area contributed by atoms with E-state index in [1.165, 1.54) is 9.75 Å². The highest BCUT2D eigenvalue weighted by Crippen LogP contribution is 2.44. The molecule has 0 unspecified atom stereocenters. The minimum Gasteiger partial charge on any atom is -0.466 e. The van der Waals surface area contributed by atoms with Gasteiger partial charge in [0.2, 0.25) is 0 Å². The Bertz CT molecular complexity index is 615. The molecule has 0 aromatic carbocycles. The van der Waals surface area contributed by atoms with Crippen molar-refractivity contribution in [3.8, 4) is 0 Å². The molecule has 138 valence electrons. The largest absolute Gasteiger partial charge is 0.466 e. The molecule has 0 radical (unpaired) electrons. The number of nitrogens with zero attached hydrogens (tertiary/aromatic N) is 2. The first-order chi connectivity index (χ1) is 12.1. The number of hydrogen-bond donors (Lipinski definition) is 0. The number of fused-ring (bicyclic) bond motifs is 1. The Morgan fingerprint density at radius 3 is 2.92 bits per heavy atom. The molecular weight excluding hydrogens is 332 g/mol. The van der Waals surface area contributed by atoms with Gasteiger partial charge in [-0.1, -0.05) is 6.08 Å². The van der Waals surface area contributed by atoms with E-state index in [-0.39, 0.29) is 11.4 Å². The molecule has 2 saturated heterocycles. The van der Waals surface area contributed by atoms with E-state index in [4.69, 9.17) is 4.74 Å². The maximum absolute atomic E-state index is 12.9. The molecule has 0 amide bonds.